The first-order valence-corrected chi connectivity index (χ1v) is 6.41. The predicted octanol–water partition coefficient (Wildman–Crippen LogP) is -0.330. The van der Waals surface area contributed by atoms with Crippen molar-refractivity contribution in [3.8, 4) is 0 Å². The maximum Gasteiger partial charge on any atom is 0.304 e. The zero-order valence-electron chi connectivity index (χ0n) is 10.8. The van der Waals surface area contributed by atoms with Gasteiger partial charge in [-0.25, -0.2) is 0 Å². The largest absolute Gasteiger partial charge is 0.481 e. The quantitative estimate of drug-likeness (QED) is 0.582. The molecular weight excluding hydrogens is 236 g/mol. The molecule has 0 radical (unpaired) electrons. The van der Waals surface area contributed by atoms with Crippen LogP contribution < -0.4 is 5.32 Å². The number of carbonyl (C=O) groups excluding carboxylic acids is 1. The normalized spacial score (nSPS) is 24.1. The number of aliphatic hydroxyl groups excluding tert-OH is 1. The van der Waals surface area contributed by atoms with Crippen LogP contribution in [0.15, 0.2) is 0 Å². The molecule has 1 heterocycles. The lowest BCUT2D eigenvalue weighted by atomic mass is 9.98. The van der Waals surface area contributed by atoms with Crippen LogP contribution in [-0.2, 0) is 9.59 Å². The molecule has 1 rings (SSSR count). The maximum atomic E-state index is 11.2. The number of amides is 1. The number of nitrogens with zero attached hydrogens (tertiary/aromatic N) is 1. The van der Waals surface area contributed by atoms with E-state index in [4.69, 9.17) is 10.2 Å². The second-order valence-corrected chi connectivity index (χ2v) is 4.78. The Morgan fingerprint density at radius 1 is 1.39 bits per heavy atom. The van der Waals surface area contributed by atoms with Crippen molar-refractivity contribution in [3.63, 3.8) is 0 Å². The van der Waals surface area contributed by atoms with E-state index in [1.807, 2.05) is 0 Å². The molecule has 1 fully saturated rings. The lowest BCUT2D eigenvalue weighted by Crippen LogP contribution is -2.42. The first kappa shape index (κ1) is 14.9. The third kappa shape index (κ3) is 4.62. The molecule has 1 aliphatic rings. The number of carbonyl (C=O) groups is 2. The number of aliphatic carboxylic acids is 1. The molecule has 18 heavy (non-hydrogen) atoms. The van der Waals surface area contributed by atoms with Crippen LogP contribution in [0.3, 0.4) is 0 Å². The Hall–Kier alpha value is -1.14. The fourth-order valence-corrected chi connectivity index (χ4v) is 2.48. The Bertz CT molecular complexity index is 296. The zero-order valence-corrected chi connectivity index (χ0v) is 10.8. The van der Waals surface area contributed by atoms with Crippen LogP contribution in [0, 0.1) is 5.92 Å². The highest BCUT2D eigenvalue weighted by atomic mass is 16.4. The summed E-state index contributed by atoms with van der Waals surface area (Å²) in [5.74, 6) is -0.814. The molecule has 104 valence electrons. The highest BCUT2D eigenvalue weighted by molar-refractivity contribution is 5.77. The fourth-order valence-electron chi connectivity index (χ4n) is 2.48. The van der Waals surface area contributed by atoms with E-state index in [2.05, 4.69) is 17.1 Å². The molecule has 6 heteroatoms. The summed E-state index contributed by atoms with van der Waals surface area (Å²) in [7, 11) is 0. The van der Waals surface area contributed by atoms with Crippen LogP contribution >= 0.6 is 0 Å². The molecule has 0 aromatic heterocycles. The van der Waals surface area contributed by atoms with E-state index >= 15 is 0 Å². The van der Waals surface area contributed by atoms with Crippen LogP contribution in [0.25, 0.3) is 0 Å². The predicted molar refractivity (Wildman–Crippen MR) is 66.1 cm³/mol. The van der Waals surface area contributed by atoms with Gasteiger partial charge >= 0.3 is 5.97 Å². The Morgan fingerprint density at radius 3 is 2.67 bits per heavy atom. The summed E-state index contributed by atoms with van der Waals surface area (Å²) in [6.07, 6.45) is 2.16. The molecule has 1 amide bonds. The van der Waals surface area contributed by atoms with Gasteiger partial charge in [0.05, 0.1) is 6.42 Å². The van der Waals surface area contributed by atoms with Crippen molar-refractivity contribution < 1.29 is 19.8 Å². The van der Waals surface area contributed by atoms with E-state index in [1.165, 1.54) is 0 Å². The number of carboxylic acids is 1. The summed E-state index contributed by atoms with van der Waals surface area (Å²) in [6, 6.07) is 0.0263. The minimum atomic E-state index is -0.801. The van der Waals surface area contributed by atoms with Gasteiger partial charge in [0, 0.05) is 25.7 Å². The Labute approximate surface area is 107 Å². The van der Waals surface area contributed by atoms with E-state index < -0.39 is 12.6 Å². The van der Waals surface area contributed by atoms with Crippen LogP contribution in [0.1, 0.15) is 26.2 Å². The molecule has 3 N–H and O–H groups in total. The third-order valence-corrected chi connectivity index (χ3v) is 3.31. The molecular formula is C12H22N2O4. The molecule has 0 aliphatic carbocycles. The molecule has 0 aromatic carbocycles. The van der Waals surface area contributed by atoms with E-state index in [1.54, 1.807) is 0 Å². The van der Waals surface area contributed by atoms with Gasteiger partial charge in [0.15, 0.2) is 0 Å². The van der Waals surface area contributed by atoms with Crippen molar-refractivity contribution in [2.24, 2.45) is 5.92 Å². The van der Waals surface area contributed by atoms with Gasteiger partial charge in [-0.1, -0.05) is 13.3 Å². The van der Waals surface area contributed by atoms with Crippen molar-refractivity contribution in [2.45, 2.75) is 32.2 Å². The van der Waals surface area contributed by atoms with Crippen LogP contribution in [0.5, 0.6) is 0 Å². The number of likely N-dealkylation sites (tertiary alicyclic amines) is 1. The summed E-state index contributed by atoms with van der Waals surface area (Å²) in [5, 5.41) is 20.2. The van der Waals surface area contributed by atoms with Gasteiger partial charge in [-0.05, 0) is 12.3 Å². The lowest BCUT2D eigenvalue weighted by Gasteiger charge is -2.18. The summed E-state index contributed by atoms with van der Waals surface area (Å²) in [5.41, 5.74) is 0. The Balaban J connectivity index is 2.48. The van der Waals surface area contributed by atoms with Gasteiger partial charge < -0.3 is 20.4 Å². The average molecular weight is 258 g/mol. The summed E-state index contributed by atoms with van der Waals surface area (Å²) in [6.45, 7) is 3.59. The second kappa shape index (κ2) is 7.33. The standard InChI is InChI=1S/C12H22N2O4/c1-2-3-9-6-14(5-4-12(17)18)7-10(9)13-11(16)8-15/h9-10,15H,2-8H2,1H3,(H,13,16)(H,17,18)/t9-,10-/m0/s1. The second-order valence-electron chi connectivity index (χ2n) is 4.78. The van der Waals surface area contributed by atoms with Crippen molar-refractivity contribution in [2.75, 3.05) is 26.2 Å². The van der Waals surface area contributed by atoms with Crippen molar-refractivity contribution in [3.05, 3.63) is 0 Å². The zero-order chi connectivity index (χ0) is 13.5. The number of hydrogen-bond donors (Lipinski definition) is 3. The van der Waals surface area contributed by atoms with Gasteiger partial charge in [0.2, 0.25) is 5.91 Å². The summed E-state index contributed by atoms with van der Waals surface area (Å²) in [4.78, 5) is 23.8. The van der Waals surface area contributed by atoms with Gasteiger partial charge in [-0.15, -0.1) is 0 Å². The van der Waals surface area contributed by atoms with Crippen molar-refractivity contribution in [1.82, 2.24) is 10.2 Å². The van der Waals surface area contributed by atoms with E-state index in [0.29, 0.717) is 19.0 Å². The number of aliphatic hydroxyl groups is 1. The number of nitrogens with one attached hydrogen (secondary N) is 1. The molecule has 1 saturated heterocycles. The molecule has 0 saturated carbocycles. The first-order valence-electron chi connectivity index (χ1n) is 6.41. The Morgan fingerprint density at radius 2 is 2.11 bits per heavy atom. The number of rotatable bonds is 7. The van der Waals surface area contributed by atoms with Crippen molar-refractivity contribution in [1.29, 1.82) is 0 Å². The van der Waals surface area contributed by atoms with Gasteiger partial charge in [0.25, 0.3) is 0 Å². The topological polar surface area (TPSA) is 89.9 Å². The highest BCUT2D eigenvalue weighted by Gasteiger charge is 2.32. The van der Waals surface area contributed by atoms with Crippen LogP contribution in [-0.4, -0.2) is 59.3 Å². The van der Waals surface area contributed by atoms with Gasteiger partial charge in [-0.3, -0.25) is 9.59 Å². The SMILES string of the molecule is CCC[C@H]1CN(CCC(=O)O)C[C@@H]1NC(=O)CO. The van der Waals surface area contributed by atoms with Gasteiger partial charge in [-0.2, -0.15) is 0 Å². The number of carboxylic acid groups (broad SMARTS) is 1. The minimum absolute atomic E-state index is 0.0263. The van der Waals surface area contributed by atoms with Crippen LogP contribution in [0.2, 0.25) is 0 Å². The lowest BCUT2D eigenvalue weighted by molar-refractivity contribution is -0.137. The Kier molecular flexibility index (Phi) is 6.07. The summed E-state index contributed by atoms with van der Waals surface area (Å²) >= 11 is 0. The molecule has 1 aliphatic heterocycles. The smallest absolute Gasteiger partial charge is 0.304 e. The van der Waals surface area contributed by atoms with E-state index in [0.717, 1.165) is 19.4 Å². The molecule has 0 spiro atoms. The minimum Gasteiger partial charge on any atom is -0.481 e. The summed E-state index contributed by atoms with van der Waals surface area (Å²) < 4.78 is 0. The molecule has 0 unspecified atom stereocenters. The molecule has 6 nitrogen and oxygen atoms in total. The van der Waals surface area contributed by atoms with Crippen LogP contribution in [0.4, 0.5) is 0 Å². The van der Waals surface area contributed by atoms with Gasteiger partial charge in [0.1, 0.15) is 6.61 Å². The van der Waals surface area contributed by atoms with E-state index in [-0.39, 0.29) is 18.4 Å². The fraction of sp³-hybridized carbons (Fsp3) is 0.833. The van der Waals surface area contributed by atoms with Crippen molar-refractivity contribution >= 4 is 11.9 Å². The van der Waals surface area contributed by atoms with E-state index in [9.17, 15) is 9.59 Å². The average Bonchev–Trinajstić information content (AvgIpc) is 2.69. The highest BCUT2D eigenvalue weighted by Crippen LogP contribution is 2.21. The molecule has 0 aromatic rings. The molecule has 0 bridgehead atoms. The monoisotopic (exact) mass is 258 g/mol. The molecule has 2 atom stereocenters. The third-order valence-electron chi connectivity index (χ3n) is 3.31. The first-order chi connectivity index (χ1) is 8.56. The number of hydrogen-bond acceptors (Lipinski definition) is 4. The maximum absolute atomic E-state index is 11.2.